The quantitative estimate of drug-likeness (QED) is 0.906. The maximum Gasteiger partial charge on any atom is 0.149 e. The third-order valence-electron chi connectivity index (χ3n) is 2.43. The van der Waals surface area contributed by atoms with Gasteiger partial charge in [-0.3, -0.25) is 0 Å². The molecule has 0 aliphatic carbocycles. The number of benzene rings is 1. The topological polar surface area (TPSA) is 35.8 Å². The molecule has 2 aromatic rings. The summed E-state index contributed by atoms with van der Waals surface area (Å²) in [7, 11) is 0. The van der Waals surface area contributed by atoms with Crippen molar-refractivity contribution in [3.63, 3.8) is 0 Å². The van der Waals surface area contributed by atoms with Crippen molar-refractivity contribution in [2.45, 2.75) is 13.0 Å². The summed E-state index contributed by atoms with van der Waals surface area (Å²) in [5.74, 6) is 0. The normalized spacial score (nSPS) is 11.8. The van der Waals surface area contributed by atoms with Crippen molar-refractivity contribution < 1.29 is 0 Å². The summed E-state index contributed by atoms with van der Waals surface area (Å²) in [5, 5.41) is 14.5. The second-order valence-corrected chi connectivity index (χ2v) is 5.55. The van der Waals surface area contributed by atoms with Gasteiger partial charge in [-0.25, -0.2) is 0 Å². The van der Waals surface area contributed by atoms with Crippen LogP contribution in [0.25, 0.3) is 0 Å². The molecular weight excluding hydrogens is 296 g/mol. The lowest BCUT2D eigenvalue weighted by molar-refractivity contribution is 1.01. The molecule has 2 nitrogen and oxygen atoms in total. The van der Waals surface area contributed by atoms with Crippen LogP contribution < -0.4 is 5.32 Å². The van der Waals surface area contributed by atoms with Gasteiger partial charge in [0, 0.05) is 15.0 Å². The lowest BCUT2D eigenvalue weighted by Gasteiger charge is -2.12. The van der Waals surface area contributed by atoms with Gasteiger partial charge in [0.05, 0.1) is 6.07 Å². The summed E-state index contributed by atoms with van der Waals surface area (Å²) in [6, 6.07) is 11.9. The van der Waals surface area contributed by atoms with Crippen LogP contribution in [0.2, 0.25) is 0 Å². The van der Waals surface area contributed by atoms with Crippen molar-refractivity contribution >= 4 is 33.0 Å². The molecule has 4 heteroatoms. The predicted molar refractivity (Wildman–Crippen MR) is 75.2 cm³/mol. The molecule has 1 unspecified atom stereocenters. The Bertz CT molecular complexity index is 557. The van der Waals surface area contributed by atoms with Gasteiger partial charge in [0.2, 0.25) is 0 Å². The fourth-order valence-electron chi connectivity index (χ4n) is 1.58. The number of nitrogens with one attached hydrogen (secondary N) is 1. The van der Waals surface area contributed by atoms with Gasteiger partial charge in [-0.05, 0) is 42.1 Å². The zero-order valence-corrected chi connectivity index (χ0v) is 11.7. The molecule has 0 saturated carbocycles. The second-order valence-electron chi connectivity index (χ2n) is 3.68. The van der Waals surface area contributed by atoms with E-state index >= 15 is 0 Å². The van der Waals surface area contributed by atoms with Crippen LogP contribution in [0, 0.1) is 18.3 Å². The fourth-order valence-corrected chi connectivity index (χ4v) is 2.90. The Labute approximate surface area is 113 Å². The number of hydrogen-bond donors (Lipinski definition) is 1. The highest BCUT2D eigenvalue weighted by molar-refractivity contribution is 9.10. The maximum atomic E-state index is 9.24. The first-order valence-electron chi connectivity index (χ1n) is 5.16. The van der Waals surface area contributed by atoms with Crippen LogP contribution >= 0.6 is 27.3 Å². The summed E-state index contributed by atoms with van der Waals surface area (Å²) in [4.78, 5) is 1.08. The average molecular weight is 307 g/mol. The Morgan fingerprint density at radius 3 is 2.82 bits per heavy atom. The predicted octanol–water partition coefficient (Wildman–Crippen LogP) is 4.50. The van der Waals surface area contributed by atoms with E-state index < -0.39 is 0 Å². The molecule has 17 heavy (non-hydrogen) atoms. The molecule has 1 heterocycles. The van der Waals surface area contributed by atoms with Crippen LogP contribution in [-0.4, -0.2) is 0 Å². The van der Waals surface area contributed by atoms with Gasteiger partial charge in [-0.2, -0.15) is 5.26 Å². The number of nitrogens with zero attached hydrogens (tertiary/aromatic N) is 1. The minimum Gasteiger partial charge on any atom is -0.365 e. The highest BCUT2D eigenvalue weighted by Gasteiger charge is 2.14. The van der Waals surface area contributed by atoms with E-state index in [2.05, 4.69) is 27.3 Å². The molecule has 0 fully saturated rings. The Kier molecular flexibility index (Phi) is 3.82. The van der Waals surface area contributed by atoms with Gasteiger partial charge in [-0.1, -0.05) is 22.0 Å². The van der Waals surface area contributed by atoms with E-state index in [1.807, 2.05) is 42.6 Å². The van der Waals surface area contributed by atoms with Crippen molar-refractivity contribution in [1.82, 2.24) is 0 Å². The highest BCUT2D eigenvalue weighted by atomic mass is 79.9. The number of thiophene rings is 1. The van der Waals surface area contributed by atoms with E-state index in [0.29, 0.717) is 0 Å². The highest BCUT2D eigenvalue weighted by Crippen LogP contribution is 2.27. The molecule has 2 rings (SSSR count). The third kappa shape index (κ3) is 2.87. The van der Waals surface area contributed by atoms with Crippen LogP contribution in [0.1, 0.15) is 16.5 Å². The lowest BCUT2D eigenvalue weighted by Crippen LogP contribution is -2.07. The Balaban J connectivity index is 2.23. The molecular formula is C13H11BrN2S. The molecule has 1 atom stereocenters. The van der Waals surface area contributed by atoms with Gasteiger partial charge in [0.25, 0.3) is 0 Å². The minimum absolute atomic E-state index is 0.288. The standard InChI is InChI=1S/C13H11BrN2S/c1-9-5-6-17-13(9)12(8-15)16-11-4-2-3-10(14)7-11/h2-7,12,16H,1H3. The van der Waals surface area contributed by atoms with Crippen LogP contribution in [0.5, 0.6) is 0 Å². The number of rotatable bonds is 3. The monoisotopic (exact) mass is 306 g/mol. The van der Waals surface area contributed by atoms with E-state index in [9.17, 15) is 5.26 Å². The van der Waals surface area contributed by atoms with Crippen LogP contribution in [0.15, 0.2) is 40.2 Å². The first-order chi connectivity index (χ1) is 8.20. The Morgan fingerprint density at radius 1 is 1.41 bits per heavy atom. The number of halogens is 1. The number of hydrogen-bond acceptors (Lipinski definition) is 3. The van der Waals surface area contributed by atoms with Gasteiger partial charge in [0.15, 0.2) is 0 Å². The third-order valence-corrected chi connectivity index (χ3v) is 4.01. The van der Waals surface area contributed by atoms with E-state index in [1.165, 1.54) is 0 Å². The molecule has 0 spiro atoms. The molecule has 1 N–H and O–H groups in total. The van der Waals surface area contributed by atoms with E-state index in [4.69, 9.17) is 0 Å². The smallest absolute Gasteiger partial charge is 0.149 e. The summed E-state index contributed by atoms with van der Waals surface area (Å²) in [5.41, 5.74) is 2.10. The SMILES string of the molecule is Cc1ccsc1C(C#N)Nc1cccc(Br)c1. The van der Waals surface area contributed by atoms with Crippen molar-refractivity contribution in [2.24, 2.45) is 0 Å². The summed E-state index contributed by atoms with van der Waals surface area (Å²) in [6.45, 7) is 2.03. The van der Waals surface area contributed by atoms with Gasteiger partial charge in [-0.15, -0.1) is 11.3 Å². The molecule has 0 aliphatic rings. The van der Waals surface area contributed by atoms with E-state index in [0.717, 1.165) is 20.6 Å². The van der Waals surface area contributed by atoms with Crippen LogP contribution in [-0.2, 0) is 0 Å². The molecule has 0 bridgehead atoms. The van der Waals surface area contributed by atoms with E-state index in [1.54, 1.807) is 11.3 Å². The van der Waals surface area contributed by atoms with Crippen molar-refractivity contribution in [3.8, 4) is 6.07 Å². The van der Waals surface area contributed by atoms with Crippen LogP contribution in [0.4, 0.5) is 5.69 Å². The molecule has 1 aromatic carbocycles. The number of aryl methyl sites for hydroxylation is 1. The molecule has 1 aromatic heterocycles. The average Bonchev–Trinajstić information content (AvgIpc) is 2.72. The van der Waals surface area contributed by atoms with Gasteiger partial charge >= 0.3 is 0 Å². The van der Waals surface area contributed by atoms with Crippen molar-refractivity contribution in [2.75, 3.05) is 5.32 Å². The van der Waals surface area contributed by atoms with Gasteiger partial charge in [0.1, 0.15) is 6.04 Å². The maximum absolute atomic E-state index is 9.24. The second kappa shape index (κ2) is 5.35. The Morgan fingerprint density at radius 2 is 2.24 bits per heavy atom. The Hall–Kier alpha value is -1.31. The zero-order chi connectivity index (χ0) is 12.3. The van der Waals surface area contributed by atoms with Crippen molar-refractivity contribution in [3.05, 3.63) is 50.6 Å². The summed E-state index contributed by atoms with van der Waals surface area (Å²) < 4.78 is 1.00. The number of anilines is 1. The molecule has 0 radical (unpaired) electrons. The van der Waals surface area contributed by atoms with Gasteiger partial charge < -0.3 is 5.32 Å². The largest absolute Gasteiger partial charge is 0.365 e. The van der Waals surface area contributed by atoms with E-state index in [-0.39, 0.29) is 6.04 Å². The zero-order valence-electron chi connectivity index (χ0n) is 9.27. The first kappa shape index (κ1) is 12.2. The minimum atomic E-state index is -0.288. The lowest BCUT2D eigenvalue weighted by atomic mass is 10.1. The first-order valence-corrected chi connectivity index (χ1v) is 6.83. The summed E-state index contributed by atoms with van der Waals surface area (Å²) >= 11 is 5.03. The summed E-state index contributed by atoms with van der Waals surface area (Å²) in [6.07, 6.45) is 0. The van der Waals surface area contributed by atoms with Crippen molar-refractivity contribution in [1.29, 1.82) is 5.26 Å². The molecule has 0 saturated heterocycles. The number of nitriles is 1. The fraction of sp³-hybridized carbons (Fsp3) is 0.154. The molecule has 86 valence electrons. The van der Waals surface area contributed by atoms with Crippen LogP contribution in [0.3, 0.4) is 0 Å². The molecule has 0 aliphatic heterocycles. The molecule has 0 amide bonds.